The molecule has 1 aliphatic heterocycles. The summed E-state index contributed by atoms with van der Waals surface area (Å²) in [6.45, 7) is 0.717. The first kappa shape index (κ1) is 20.1. The van der Waals surface area contributed by atoms with E-state index in [4.69, 9.17) is 0 Å². The molecule has 1 saturated heterocycles. The van der Waals surface area contributed by atoms with E-state index in [1.54, 1.807) is 18.5 Å². The number of hydrogen-bond donors (Lipinski definition) is 0. The Morgan fingerprint density at radius 3 is 2.53 bits per heavy atom. The van der Waals surface area contributed by atoms with Crippen LogP contribution in [0.2, 0.25) is 0 Å². The predicted molar refractivity (Wildman–Crippen MR) is 104 cm³/mol. The molecule has 0 radical (unpaired) electrons. The molecule has 1 atom stereocenters. The highest BCUT2D eigenvalue weighted by Crippen LogP contribution is 2.37. The van der Waals surface area contributed by atoms with Gasteiger partial charge in [-0.15, -0.1) is 0 Å². The average molecular weight is 414 g/mol. The molecule has 30 heavy (non-hydrogen) atoms. The quantitative estimate of drug-likeness (QED) is 0.528. The Bertz CT molecular complexity index is 1070. The van der Waals surface area contributed by atoms with Gasteiger partial charge in [-0.05, 0) is 53.4 Å². The summed E-state index contributed by atoms with van der Waals surface area (Å²) in [6.07, 6.45) is -0.679. The van der Waals surface area contributed by atoms with Crippen LogP contribution in [0.4, 0.5) is 17.6 Å². The summed E-state index contributed by atoms with van der Waals surface area (Å²) in [4.78, 5) is 18.5. The van der Waals surface area contributed by atoms with E-state index in [1.165, 1.54) is 35.2 Å². The van der Waals surface area contributed by atoms with Gasteiger partial charge in [-0.1, -0.05) is 24.3 Å². The minimum atomic E-state index is -4.71. The molecule has 1 amide bonds. The fourth-order valence-corrected chi connectivity index (χ4v) is 3.82. The van der Waals surface area contributed by atoms with E-state index in [-0.39, 0.29) is 11.5 Å². The maximum absolute atomic E-state index is 13.8. The largest absolute Gasteiger partial charge is 0.417 e. The van der Waals surface area contributed by atoms with Crippen molar-refractivity contribution in [3.63, 3.8) is 0 Å². The Labute approximate surface area is 171 Å². The monoisotopic (exact) mass is 414 g/mol. The number of halogens is 4. The summed E-state index contributed by atoms with van der Waals surface area (Å²) in [6, 6.07) is 12.6. The molecular formula is C23H18F4N2O. The maximum atomic E-state index is 13.8. The SMILES string of the molecule is O=C(c1ccc(-c2cccc(F)c2)cc1C(F)(F)F)N1CCC(c2cccnc2)C1. The first-order valence-electron chi connectivity index (χ1n) is 9.49. The third kappa shape index (κ3) is 4.06. The van der Waals surface area contributed by atoms with Crippen molar-refractivity contribution < 1.29 is 22.4 Å². The summed E-state index contributed by atoms with van der Waals surface area (Å²) >= 11 is 0. The second-order valence-corrected chi connectivity index (χ2v) is 7.29. The maximum Gasteiger partial charge on any atom is 0.417 e. The highest BCUT2D eigenvalue weighted by Gasteiger charge is 2.38. The van der Waals surface area contributed by atoms with Crippen molar-refractivity contribution in [2.45, 2.75) is 18.5 Å². The number of hydrogen-bond acceptors (Lipinski definition) is 2. The van der Waals surface area contributed by atoms with E-state index in [0.717, 1.165) is 17.7 Å². The Morgan fingerprint density at radius 1 is 1.03 bits per heavy atom. The zero-order chi connectivity index (χ0) is 21.3. The van der Waals surface area contributed by atoms with E-state index in [9.17, 15) is 22.4 Å². The molecule has 2 heterocycles. The first-order valence-corrected chi connectivity index (χ1v) is 9.49. The van der Waals surface area contributed by atoms with Crippen LogP contribution in [-0.2, 0) is 6.18 Å². The van der Waals surface area contributed by atoms with Gasteiger partial charge < -0.3 is 4.90 Å². The molecular weight excluding hydrogens is 396 g/mol. The van der Waals surface area contributed by atoms with E-state index in [2.05, 4.69) is 4.98 Å². The standard InChI is InChI=1S/C23H18F4N2O/c24-19-5-1-3-15(11-19)16-6-7-20(21(12-16)23(25,26)27)22(30)29-10-8-18(14-29)17-4-2-9-28-13-17/h1-7,9,11-13,18H,8,10,14H2. The van der Waals surface area contributed by atoms with E-state index in [0.29, 0.717) is 25.1 Å². The third-order valence-corrected chi connectivity index (χ3v) is 5.34. The fraction of sp³-hybridized carbons (Fsp3) is 0.217. The fourth-order valence-electron chi connectivity index (χ4n) is 3.82. The number of carbonyl (C=O) groups is 1. The number of rotatable bonds is 3. The first-order chi connectivity index (χ1) is 14.3. The topological polar surface area (TPSA) is 33.2 Å². The summed E-state index contributed by atoms with van der Waals surface area (Å²) < 4.78 is 54.8. The molecule has 0 saturated carbocycles. The van der Waals surface area contributed by atoms with Crippen molar-refractivity contribution in [1.82, 2.24) is 9.88 Å². The van der Waals surface area contributed by atoms with Gasteiger partial charge in [0.25, 0.3) is 5.91 Å². The molecule has 0 bridgehead atoms. The van der Waals surface area contributed by atoms with Gasteiger partial charge in [-0.25, -0.2) is 4.39 Å². The molecule has 2 aromatic carbocycles. The van der Waals surface area contributed by atoms with Crippen molar-refractivity contribution in [3.8, 4) is 11.1 Å². The zero-order valence-electron chi connectivity index (χ0n) is 15.9. The lowest BCUT2D eigenvalue weighted by Gasteiger charge is -2.20. The van der Waals surface area contributed by atoms with E-state index >= 15 is 0 Å². The Kier molecular flexibility index (Phi) is 5.28. The molecule has 0 spiro atoms. The molecule has 1 fully saturated rings. The van der Waals surface area contributed by atoms with Gasteiger partial charge in [-0.2, -0.15) is 13.2 Å². The van der Waals surface area contributed by atoms with Gasteiger partial charge in [0, 0.05) is 31.4 Å². The van der Waals surface area contributed by atoms with Crippen LogP contribution < -0.4 is 0 Å². The van der Waals surface area contributed by atoms with Crippen LogP contribution in [0.15, 0.2) is 67.0 Å². The van der Waals surface area contributed by atoms with Crippen LogP contribution in [0, 0.1) is 5.82 Å². The highest BCUT2D eigenvalue weighted by molar-refractivity contribution is 5.96. The molecule has 7 heteroatoms. The summed E-state index contributed by atoms with van der Waals surface area (Å²) in [5, 5.41) is 0. The van der Waals surface area contributed by atoms with Crippen molar-refractivity contribution in [1.29, 1.82) is 0 Å². The highest BCUT2D eigenvalue weighted by atomic mass is 19.4. The van der Waals surface area contributed by atoms with E-state index < -0.39 is 29.0 Å². The Balaban J connectivity index is 1.64. The minimum Gasteiger partial charge on any atom is -0.338 e. The van der Waals surface area contributed by atoms with Crippen LogP contribution in [0.1, 0.15) is 33.8 Å². The normalized spacial score (nSPS) is 16.7. The van der Waals surface area contributed by atoms with Gasteiger partial charge >= 0.3 is 6.18 Å². The number of nitrogens with zero attached hydrogens (tertiary/aromatic N) is 2. The molecule has 1 aliphatic rings. The molecule has 1 aromatic heterocycles. The van der Waals surface area contributed by atoms with Crippen molar-refractivity contribution in [2.75, 3.05) is 13.1 Å². The Morgan fingerprint density at radius 2 is 1.83 bits per heavy atom. The Hall–Kier alpha value is -3.22. The molecule has 0 N–H and O–H groups in total. The molecule has 154 valence electrons. The average Bonchev–Trinajstić information content (AvgIpc) is 3.23. The summed E-state index contributed by atoms with van der Waals surface area (Å²) in [7, 11) is 0. The lowest BCUT2D eigenvalue weighted by atomic mass is 9.97. The van der Waals surface area contributed by atoms with Crippen molar-refractivity contribution in [2.24, 2.45) is 0 Å². The second-order valence-electron chi connectivity index (χ2n) is 7.29. The predicted octanol–water partition coefficient (Wildman–Crippen LogP) is 5.54. The number of alkyl halides is 3. The molecule has 3 nitrogen and oxygen atoms in total. The van der Waals surface area contributed by atoms with Crippen LogP contribution in [0.25, 0.3) is 11.1 Å². The number of benzene rings is 2. The number of pyridine rings is 1. The smallest absolute Gasteiger partial charge is 0.338 e. The number of carbonyl (C=O) groups excluding carboxylic acids is 1. The van der Waals surface area contributed by atoms with Gasteiger partial charge in [0.2, 0.25) is 0 Å². The van der Waals surface area contributed by atoms with Crippen LogP contribution in [-0.4, -0.2) is 28.9 Å². The van der Waals surface area contributed by atoms with Crippen molar-refractivity contribution >= 4 is 5.91 Å². The van der Waals surface area contributed by atoms with Gasteiger partial charge in [-0.3, -0.25) is 9.78 Å². The number of likely N-dealkylation sites (tertiary alicyclic amines) is 1. The van der Waals surface area contributed by atoms with Gasteiger partial charge in [0.15, 0.2) is 0 Å². The minimum absolute atomic E-state index is 0.0450. The zero-order valence-corrected chi connectivity index (χ0v) is 15.9. The van der Waals surface area contributed by atoms with E-state index in [1.807, 2.05) is 6.07 Å². The summed E-state index contributed by atoms with van der Waals surface area (Å²) in [5.74, 6) is -1.15. The molecule has 1 unspecified atom stereocenters. The lowest BCUT2D eigenvalue weighted by molar-refractivity contribution is -0.138. The van der Waals surface area contributed by atoms with Crippen LogP contribution >= 0.6 is 0 Å². The molecule has 0 aliphatic carbocycles. The van der Waals surface area contributed by atoms with Crippen molar-refractivity contribution in [3.05, 3.63) is 89.5 Å². The van der Waals surface area contributed by atoms with Gasteiger partial charge in [0.1, 0.15) is 5.82 Å². The van der Waals surface area contributed by atoms with Crippen LogP contribution in [0.3, 0.4) is 0 Å². The lowest BCUT2D eigenvalue weighted by Crippen LogP contribution is -2.30. The number of aromatic nitrogens is 1. The van der Waals surface area contributed by atoms with Gasteiger partial charge in [0.05, 0.1) is 11.1 Å². The molecule has 3 aromatic rings. The molecule has 4 rings (SSSR count). The second kappa shape index (κ2) is 7.89. The third-order valence-electron chi connectivity index (χ3n) is 5.34. The summed E-state index contributed by atoms with van der Waals surface area (Å²) in [5.41, 5.74) is 0.0734. The number of amides is 1. The van der Waals surface area contributed by atoms with Crippen LogP contribution in [0.5, 0.6) is 0 Å².